The molecule has 2 aromatic carbocycles. The van der Waals surface area contributed by atoms with Crippen LogP contribution in [-0.2, 0) is 33.5 Å². The molecule has 1 aliphatic heterocycles. The Morgan fingerprint density at radius 3 is 2.37 bits per heavy atom. The number of hydrogen-bond donors (Lipinski definition) is 1. The van der Waals surface area contributed by atoms with E-state index in [1.165, 1.54) is 24.3 Å². The molecule has 0 bridgehead atoms. The highest BCUT2D eigenvalue weighted by molar-refractivity contribution is 5.87. The smallest absolute Gasteiger partial charge is 0.382 e. The molecule has 5 rings (SSSR count). The van der Waals surface area contributed by atoms with Gasteiger partial charge in [-0.3, -0.25) is 4.79 Å². The Labute approximate surface area is 219 Å². The Morgan fingerprint density at radius 2 is 1.71 bits per heavy atom. The molecule has 0 aromatic heterocycles. The van der Waals surface area contributed by atoms with E-state index in [4.69, 9.17) is 4.74 Å². The summed E-state index contributed by atoms with van der Waals surface area (Å²) in [6.07, 6.45) is -1.15. The van der Waals surface area contributed by atoms with Gasteiger partial charge in [0.2, 0.25) is 5.67 Å². The summed E-state index contributed by atoms with van der Waals surface area (Å²) < 4.78 is 74.2. The van der Waals surface area contributed by atoms with Gasteiger partial charge in [0.1, 0.15) is 11.4 Å². The third-order valence-electron chi connectivity index (χ3n) is 9.40. The van der Waals surface area contributed by atoms with Gasteiger partial charge in [-0.2, -0.15) is 13.2 Å². The minimum absolute atomic E-state index is 0.00395. The van der Waals surface area contributed by atoms with Crippen LogP contribution >= 0.6 is 0 Å². The van der Waals surface area contributed by atoms with Crippen molar-refractivity contribution >= 4 is 5.78 Å². The summed E-state index contributed by atoms with van der Waals surface area (Å²) in [6.45, 7) is 1.23. The van der Waals surface area contributed by atoms with Crippen LogP contribution in [-0.4, -0.2) is 35.9 Å². The molecular formula is C30H33F5O3. The number of carbonyl (C=O) groups is 1. The fourth-order valence-electron chi connectivity index (χ4n) is 7.12. The number of halogens is 5. The van der Waals surface area contributed by atoms with Gasteiger partial charge in [0.25, 0.3) is 0 Å². The van der Waals surface area contributed by atoms with E-state index in [0.29, 0.717) is 51.4 Å². The first-order valence-electron chi connectivity index (χ1n) is 13.3. The number of fused-ring (bicyclic) bond motifs is 3. The van der Waals surface area contributed by atoms with Gasteiger partial charge in [0.15, 0.2) is 5.78 Å². The number of ketones is 1. The number of carbonyl (C=O) groups excluding carboxylic acids is 1. The molecule has 0 amide bonds. The number of ether oxygens (including phenoxy) is 1. The van der Waals surface area contributed by atoms with Crippen molar-refractivity contribution in [1.29, 1.82) is 0 Å². The second-order valence-corrected chi connectivity index (χ2v) is 11.5. The number of aliphatic hydroxyl groups is 1. The predicted octanol–water partition coefficient (Wildman–Crippen LogP) is 6.53. The van der Waals surface area contributed by atoms with Crippen LogP contribution in [0.25, 0.3) is 0 Å². The SMILES string of the molecule is CC(F)(c1ccc2c(c1)CC[C@H]1[C@H](CC(=O)C3(O)CCOCC3)CC[C@@]21Cc1ccc(F)cc1)C(F)(F)F. The number of hydrogen-bond acceptors (Lipinski definition) is 3. The van der Waals surface area contributed by atoms with Crippen LogP contribution in [0.1, 0.15) is 67.7 Å². The zero-order chi connectivity index (χ0) is 27.3. The van der Waals surface area contributed by atoms with Crippen LogP contribution < -0.4 is 0 Å². The molecule has 3 nitrogen and oxygen atoms in total. The van der Waals surface area contributed by atoms with Gasteiger partial charge in [-0.25, -0.2) is 8.78 Å². The quantitative estimate of drug-likeness (QED) is 0.428. The third-order valence-corrected chi connectivity index (χ3v) is 9.40. The molecule has 2 aliphatic carbocycles. The zero-order valence-electron chi connectivity index (χ0n) is 21.4. The summed E-state index contributed by atoms with van der Waals surface area (Å²) in [5.41, 5.74) is -3.25. The summed E-state index contributed by atoms with van der Waals surface area (Å²) in [6, 6.07) is 10.5. The number of alkyl halides is 4. The van der Waals surface area contributed by atoms with Crippen molar-refractivity contribution < 1.29 is 36.6 Å². The van der Waals surface area contributed by atoms with Crippen molar-refractivity contribution in [3.8, 4) is 0 Å². The molecule has 0 spiro atoms. The second kappa shape index (κ2) is 9.70. The molecule has 1 N–H and O–H groups in total. The van der Waals surface area contributed by atoms with Crippen LogP contribution in [0.5, 0.6) is 0 Å². The lowest BCUT2D eigenvalue weighted by Crippen LogP contribution is -2.46. The van der Waals surface area contributed by atoms with Crippen molar-refractivity contribution in [1.82, 2.24) is 0 Å². The van der Waals surface area contributed by atoms with E-state index in [1.54, 1.807) is 18.2 Å². The second-order valence-electron chi connectivity index (χ2n) is 11.5. The van der Waals surface area contributed by atoms with Crippen LogP contribution in [0.3, 0.4) is 0 Å². The molecule has 1 saturated heterocycles. The van der Waals surface area contributed by atoms with E-state index in [0.717, 1.165) is 17.5 Å². The molecule has 8 heteroatoms. The lowest BCUT2D eigenvalue weighted by Gasteiger charge is -2.44. The molecular weight excluding hydrogens is 503 g/mol. The largest absolute Gasteiger partial charge is 0.426 e. The van der Waals surface area contributed by atoms with E-state index in [-0.39, 0.29) is 42.7 Å². The monoisotopic (exact) mass is 536 g/mol. The summed E-state index contributed by atoms with van der Waals surface area (Å²) in [7, 11) is 0. The summed E-state index contributed by atoms with van der Waals surface area (Å²) >= 11 is 0. The van der Waals surface area contributed by atoms with E-state index < -0.39 is 28.4 Å². The lowest BCUT2D eigenvalue weighted by molar-refractivity contribution is -0.228. The maximum Gasteiger partial charge on any atom is 0.426 e. The van der Waals surface area contributed by atoms with E-state index in [9.17, 15) is 31.9 Å². The Balaban J connectivity index is 1.50. The maximum atomic E-state index is 14.8. The molecule has 0 radical (unpaired) electrons. The molecule has 3 aliphatic rings. The topological polar surface area (TPSA) is 46.5 Å². The molecule has 2 fully saturated rings. The van der Waals surface area contributed by atoms with Crippen molar-refractivity contribution in [3.05, 3.63) is 70.5 Å². The van der Waals surface area contributed by atoms with Crippen molar-refractivity contribution in [2.75, 3.05) is 13.2 Å². The standard InChI is InChI=1S/C30H33F5O3/c1-27(32,30(33,34)35)22-5-9-25-20(16-22)4-8-24-21(17-26(36)29(37)12-14-38-15-13-29)10-11-28(24,25)18-19-2-6-23(31)7-3-19/h2-3,5-7,9,16,21,24,37H,4,8,10-15,17-18H2,1H3/t21-,24-,27?,28-/m0/s1. The average molecular weight is 537 g/mol. The zero-order valence-corrected chi connectivity index (χ0v) is 21.4. The lowest BCUT2D eigenvalue weighted by atomic mass is 9.60. The number of Topliss-reactive ketones (excluding diaryl/α,β-unsaturated/α-hetero) is 1. The molecule has 2 aromatic rings. The molecule has 206 valence electrons. The van der Waals surface area contributed by atoms with Crippen LogP contribution in [0.15, 0.2) is 42.5 Å². The highest BCUT2D eigenvalue weighted by atomic mass is 19.4. The molecule has 1 unspecified atom stereocenters. The fraction of sp³-hybridized carbons (Fsp3) is 0.567. The van der Waals surface area contributed by atoms with E-state index >= 15 is 0 Å². The maximum absolute atomic E-state index is 14.8. The van der Waals surface area contributed by atoms with Crippen molar-refractivity contribution in [2.45, 2.75) is 81.2 Å². The van der Waals surface area contributed by atoms with Gasteiger partial charge in [-0.05, 0) is 85.3 Å². The van der Waals surface area contributed by atoms with Crippen molar-refractivity contribution in [3.63, 3.8) is 0 Å². The van der Waals surface area contributed by atoms with Gasteiger partial charge in [0.05, 0.1) is 0 Å². The van der Waals surface area contributed by atoms with Gasteiger partial charge in [-0.15, -0.1) is 0 Å². The molecule has 1 heterocycles. The molecule has 38 heavy (non-hydrogen) atoms. The van der Waals surface area contributed by atoms with Gasteiger partial charge >= 0.3 is 6.18 Å². The minimum Gasteiger partial charge on any atom is -0.382 e. The Bertz CT molecular complexity index is 1180. The summed E-state index contributed by atoms with van der Waals surface area (Å²) in [5.74, 6) is -0.477. The molecule has 1 saturated carbocycles. The summed E-state index contributed by atoms with van der Waals surface area (Å²) in [5, 5.41) is 11.0. The minimum atomic E-state index is -5.03. The first-order chi connectivity index (χ1) is 17.9. The predicted molar refractivity (Wildman–Crippen MR) is 132 cm³/mol. The summed E-state index contributed by atoms with van der Waals surface area (Å²) in [4.78, 5) is 13.2. The Hall–Kier alpha value is -2.32. The Kier molecular flexibility index (Phi) is 6.96. The molecule has 4 atom stereocenters. The van der Waals surface area contributed by atoms with E-state index in [1.807, 2.05) is 0 Å². The normalized spacial score (nSPS) is 28.3. The highest BCUT2D eigenvalue weighted by Gasteiger charge is 2.56. The van der Waals surface area contributed by atoms with Crippen LogP contribution in [0, 0.1) is 17.7 Å². The van der Waals surface area contributed by atoms with Gasteiger partial charge in [0, 0.05) is 37.9 Å². The number of rotatable bonds is 6. The third kappa shape index (κ3) is 4.68. The van der Waals surface area contributed by atoms with Crippen LogP contribution in [0.4, 0.5) is 22.0 Å². The number of benzene rings is 2. The van der Waals surface area contributed by atoms with Crippen LogP contribution in [0.2, 0.25) is 0 Å². The average Bonchev–Trinajstić information content (AvgIpc) is 3.23. The van der Waals surface area contributed by atoms with Gasteiger partial charge < -0.3 is 9.84 Å². The van der Waals surface area contributed by atoms with Gasteiger partial charge in [-0.1, -0.05) is 30.3 Å². The van der Waals surface area contributed by atoms with E-state index in [2.05, 4.69) is 0 Å². The first-order valence-corrected chi connectivity index (χ1v) is 13.3. The first kappa shape index (κ1) is 27.3. The highest BCUT2D eigenvalue weighted by Crippen LogP contribution is 2.58. The Morgan fingerprint density at radius 1 is 1.03 bits per heavy atom. The van der Waals surface area contributed by atoms with Crippen molar-refractivity contribution in [2.24, 2.45) is 11.8 Å². The number of aryl methyl sites for hydroxylation is 1. The fourth-order valence-corrected chi connectivity index (χ4v) is 7.12.